The zero-order valence-electron chi connectivity index (χ0n) is 18.2. The number of hydrogen-bond acceptors (Lipinski definition) is 3. The van der Waals surface area contributed by atoms with Gasteiger partial charge in [0.25, 0.3) is 10.0 Å². The first-order valence-corrected chi connectivity index (χ1v) is 13.6. The smallest absolute Gasteiger partial charge is 0.252 e. The monoisotopic (exact) mass is 502 g/mol. The van der Waals surface area contributed by atoms with Crippen molar-refractivity contribution in [2.24, 2.45) is 0 Å². The van der Waals surface area contributed by atoms with Crippen molar-refractivity contribution >= 4 is 43.9 Å². The van der Waals surface area contributed by atoms with E-state index < -0.39 is 10.0 Å². The maximum atomic E-state index is 14.5. The minimum atomic E-state index is -3.43. The minimum absolute atomic E-state index is 0.238. The van der Waals surface area contributed by atoms with Crippen LogP contribution in [0.5, 0.6) is 0 Å². The summed E-state index contributed by atoms with van der Waals surface area (Å²) in [6.45, 7) is 3.40. The molecule has 0 amide bonds. The van der Waals surface area contributed by atoms with Gasteiger partial charge in [-0.15, -0.1) is 11.3 Å². The van der Waals surface area contributed by atoms with Gasteiger partial charge in [-0.1, -0.05) is 41.9 Å². The summed E-state index contributed by atoms with van der Waals surface area (Å²) in [5.41, 5.74) is 3.82. The van der Waals surface area contributed by atoms with Crippen LogP contribution in [0.15, 0.2) is 64.2 Å². The summed E-state index contributed by atoms with van der Waals surface area (Å²) in [5, 5.41) is 3.35. The molecule has 2 aromatic heterocycles. The van der Waals surface area contributed by atoms with Crippen LogP contribution in [-0.2, 0) is 16.6 Å². The second-order valence-corrected chi connectivity index (χ2v) is 11.9. The van der Waals surface area contributed by atoms with Crippen molar-refractivity contribution in [1.29, 1.82) is 0 Å². The highest BCUT2D eigenvalue weighted by atomic mass is 35.5. The first kappa shape index (κ1) is 22.6. The number of benzene rings is 2. The number of para-hydroxylation sites is 1. The molecule has 0 atom stereocenters. The number of nitrogens with zero attached hydrogens (tertiary/aromatic N) is 2. The largest absolute Gasteiger partial charge is 0.340 e. The van der Waals surface area contributed by atoms with Crippen molar-refractivity contribution < 1.29 is 12.8 Å². The van der Waals surface area contributed by atoms with Crippen molar-refractivity contribution in [2.75, 3.05) is 13.1 Å². The maximum Gasteiger partial charge on any atom is 0.252 e. The summed E-state index contributed by atoms with van der Waals surface area (Å²) in [5.74, 6) is -0.0737. The number of hydrogen-bond donors (Lipinski definition) is 0. The standard InChI is InChI=1S/C25H24ClFN2O2S2/c1-17-25(18-11-13-28(14-12-18)33(30,31)24-10-5-15-32-24)19-6-2-3-9-23(19)29(17)16-20-21(26)7-4-8-22(20)27/h2-10,15,18H,11-14,16H2,1H3. The van der Waals surface area contributed by atoms with E-state index in [-0.39, 0.29) is 11.7 Å². The van der Waals surface area contributed by atoms with Crippen LogP contribution in [-0.4, -0.2) is 30.4 Å². The molecule has 0 spiro atoms. The Morgan fingerprint density at radius 3 is 2.52 bits per heavy atom. The van der Waals surface area contributed by atoms with Crippen LogP contribution >= 0.6 is 22.9 Å². The fourth-order valence-corrected chi connectivity index (χ4v) is 7.78. The minimum Gasteiger partial charge on any atom is -0.340 e. The highest BCUT2D eigenvalue weighted by Crippen LogP contribution is 2.39. The van der Waals surface area contributed by atoms with E-state index in [9.17, 15) is 12.8 Å². The van der Waals surface area contributed by atoms with E-state index in [0.717, 1.165) is 29.4 Å². The van der Waals surface area contributed by atoms with Crippen LogP contribution in [0.4, 0.5) is 4.39 Å². The van der Waals surface area contributed by atoms with Crippen molar-refractivity contribution in [3.8, 4) is 0 Å². The van der Waals surface area contributed by atoms with Crippen LogP contribution < -0.4 is 0 Å². The molecule has 1 aliphatic rings. The second kappa shape index (κ2) is 8.87. The van der Waals surface area contributed by atoms with E-state index in [4.69, 9.17) is 11.6 Å². The predicted octanol–water partition coefficient (Wildman–Crippen LogP) is 6.42. The van der Waals surface area contributed by atoms with Gasteiger partial charge in [0.2, 0.25) is 0 Å². The van der Waals surface area contributed by atoms with Gasteiger partial charge in [-0.05, 0) is 60.9 Å². The second-order valence-electron chi connectivity index (χ2n) is 8.41. The average molecular weight is 503 g/mol. The van der Waals surface area contributed by atoms with E-state index in [0.29, 0.717) is 34.4 Å². The SMILES string of the molecule is Cc1c(C2CCN(S(=O)(=O)c3cccs3)CC2)c2ccccc2n1Cc1c(F)cccc1Cl. The van der Waals surface area contributed by atoms with E-state index in [1.165, 1.54) is 23.0 Å². The van der Waals surface area contributed by atoms with E-state index in [2.05, 4.69) is 23.6 Å². The Kier molecular flexibility index (Phi) is 6.07. The summed E-state index contributed by atoms with van der Waals surface area (Å²) < 4.78 is 44.5. The predicted molar refractivity (Wildman–Crippen MR) is 132 cm³/mol. The lowest BCUT2D eigenvalue weighted by Crippen LogP contribution is -2.37. The van der Waals surface area contributed by atoms with Gasteiger partial charge in [0, 0.05) is 40.3 Å². The normalized spacial score (nSPS) is 16.0. The van der Waals surface area contributed by atoms with Crippen molar-refractivity contribution in [1.82, 2.24) is 8.87 Å². The Labute approximate surface area is 202 Å². The third-order valence-corrected chi connectivity index (χ3v) is 10.2. The van der Waals surface area contributed by atoms with Gasteiger partial charge in [-0.3, -0.25) is 0 Å². The first-order chi connectivity index (χ1) is 15.9. The highest BCUT2D eigenvalue weighted by Gasteiger charge is 2.32. The summed E-state index contributed by atoms with van der Waals surface area (Å²) in [6, 6.07) is 16.4. The third-order valence-electron chi connectivity index (χ3n) is 6.61. The molecule has 0 bridgehead atoms. The zero-order chi connectivity index (χ0) is 23.2. The number of aromatic nitrogens is 1. The molecule has 2 aromatic carbocycles. The van der Waals surface area contributed by atoms with Gasteiger partial charge in [-0.25, -0.2) is 12.8 Å². The fraction of sp³-hybridized carbons (Fsp3) is 0.280. The molecular weight excluding hydrogens is 479 g/mol. The lowest BCUT2D eigenvalue weighted by atomic mass is 9.88. The molecule has 4 nitrogen and oxygen atoms in total. The van der Waals surface area contributed by atoms with Gasteiger partial charge in [0.15, 0.2) is 0 Å². The Hall–Kier alpha value is -2.19. The topological polar surface area (TPSA) is 42.3 Å². The maximum absolute atomic E-state index is 14.5. The molecule has 0 radical (unpaired) electrons. The molecule has 0 saturated carbocycles. The van der Waals surface area contributed by atoms with Gasteiger partial charge in [0.05, 0.1) is 6.54 Å². The van der Waals surface area contributed by atoms with Crippen molar-refractivity contribution in [2.45, 2.75) is 36.4 Å². The lowest BCUT2D eigenvalue weighted by Gasteiger charge is -2.31. The van der Waals surface area contributed by atoms with Crippen LogP contribution in [0.3, 0.4) is 0 Å². The molecule has 0 N–H and O–H groups in total. The Morgan fingerprint density at radius 2 is 1.82 bits per heavy atom. The van der Waals surface area contributed by atoms with E-state index >= 15 is 0 Å². The molecule has 1 fully saturated rings. The molecular formula is C25H24ClFN2O2S2. The molecule has 172 valence electrons. The summed E-state index contributed by atoms with van der Waals surface area (Å²) in [6.07, 6.45) is 1.50. The van der Waals surface area contributed by atoms with E-state index in [1.54, 1.807) is 34.0 Å². The Bertz CT molecular complexity index is 1390. The van der Waals surface area contributed by atoms with Crippen LogP contribution in [0, 0.1) is 12.7 Å². The summed E-state index contributed by atoms with van der Waals surface area (Å²) in [4.78, 5) is 0. The van der Waals surface area contributed by atoms with Gasteiger partial charge in [0.1, 0.15) is 10.0 Å². The highest BCUT2D eigenvalue weighted by molar-refractivity contribution is 7.91. The van der Waals surface area contributed by atoms with Crippen molar-refractivity contribution in [3.63, 3.8) is 0 Å². The number of rotatable bonds is 5. The number of thiophene rings is 1. The molecule has 1 aliphatic heterocycles. The van der Waals surface area contributed by atoms with Gasteiger partial charge in [-0.2, -0.15) is 4.31 Å². The zero-order valence-corrected chi connectivity index (χ0v) is 20.6. The fourth-order valence-electron chi connectivity index (χ4n) is 4.94. The third kappa shape index (κ3) is 4.01. The molecule has 1 saturated heterocycles. The van der Waals surface area contributed by atoms with Crippen LogP contribution in [0.1, 0.15) is 35.6 Å². The Balaban J connectivity index is 1.47. The van der Waals surface area contributed by atoms with Crippen molar-refractivity contribution in [3.05, 3.63) is 87.6 Å². The van der Waals surface area contributed by atoms with Gasteiger partial charge < -0.3 is 4.57 Å². The van der Waals surface area contributed by atoms with E-state index in [1.807, 2.05) is 12.1 Å². The van der Waals surface area contributed by atoms with Crippen LogP contribution in [0.2, 0.25) is 5.02 Å². The molecule has 0 unspecified atom stereocenters. The molecule has 33 heavy (non-hydrogen) atoms. The molecule has 3 heterocycles. The van der Waals surface area contributed by atoms with Gasteiger partial charge >= 0.3 is 0 Å². The molecule has 5 rings (SSSR count). The van der Waals surface area contributed by atoms with Crippen LogP contribution in [0.25, 0.3) is 10.9 Å². The number of fused-ring (bicyclic) bond motifs is 1. The number of piperidine rings is 1. The molecule has 8 heteroatoms. The number of sulfonamides is 1. The average Bonchev–Trinajstić information content (AvgIpc) is 3.44. The number of halogens is 2. The molecule has 0 aliphatic carbocycles. The summed E-state index contributed by atoms with van der Waals surface area (Å²) >= 11 is 7.58. The molecule has 4 aromatic rings. The lowest BCUT2D eigenvalue weighted by molar-refractivity contribution is 0.320. The Morgan fingerprint density at radius 1 is 1.06 bits per heavy atom. The quantitative estimate of drug-likeness (QED) is 0.316. The first-order valence-electron chi connectivity index (χ1n) is 10.9. The summed E-state index contributed by atoms with van der Waals surface area (Å²) in [7, 11) is -3.43.